The number of ether oxygens (including phenoxy) is 1. The van der Waals surface area contributed by atoms with E-state index in [0.717, 1.165) is 16.6 Å². The van der Waals surface area contributed by atoms with Gasteiger partial charge in [0.25, 0.3) is 5.91 Å². The topological polar surface area (TPSA) is 83.5 Å². The molecular weight excluding hydrogens is 412 g/mol. The van der Waals surface area contributed by atoms with Gasteiger partial charge in [0.15, 0.2) is 5.13 Å². The Morgan fingerprint density at radius 2 is 1.97 bits per heavy atom. The number of anilines is 2. The van der Waals surface area contributed by atoms with Crippen LogP contribution in [0, 0.1) is 11.6 Å². The molecule has 9 heteroatoms. The molecule has 30 heavy (non-hydrogen) atoms. The third-order valence-corrected chi connectivity index (χ3v) is 4.95. The fraction of sp³-hybridized carbons (Fsp3) is 0.238. The molecule has 3 N–H and O–H groups in total. The molecule has 3 rings (SSSR count). The SMILES string of the molecule is CCNc1ccc(C(=O)Nc2ncc(Cc3cc(F)cc(F)c3)s2)cc1OCCO. The number of aromatic nitrogens is 1. The van der Waals surface area contributed by atoms with Gasteiger partial charge < -0.3 is 15.2 Å². The van der Waals surface area contributed by atoms with Gasteiger partial charge in [-0.2, -0.15) is 0 Å². The second-order valence-corrected chi connectivity index (χ2v) is 7.47. The van der Waals surface area contributed by atoms with E-state index >= 15 is 0 Å². The minimum absolute atomic E-state index is 0.111. The van der Waals surface area contributed by atoms with E-state index in [4.69, 9.17) is 9.84 Å². The lowest BCUT2D eigenvalue weighted by Crippen LogP contribution is -2.13. The lowest BCUT2D eigenvalue weighted by Gasteiger charge is -2.13. The smallest absolute Gasteiger partial charge is 0.257 e. The highest BCUT2D eigenvalue weighted by Gasteiger charge is 2.13. The van der Waals surface area contributed by atoms with Gasteiger partial charge in [-0.25, -0.2) is 13.8 Å². The van der Waals surface area contributed by atoms with E-state index in [1.54, 1.807) is 24.4 Å². The zero-order valence-corrected chi connectivity index (χ0v) is 17.1. The van der Waals surface area contributed by atoms with Crippen LogP contribution in [0.15, 0.2) is 42.6 Å². The number of carbonyl (C=O) groups excluding carboxylic acids is 1. The summed E-state index contributed by atoms with van der Waals surface area (Å²) in [4.78, 5) is 17.5. The molecule has 0 spiro atoms. The second kappa shape index (κ2) is 10.1. The Bertz CT molecular complexity index is 1010. The van der Waals surface area contributed by atoms with Crippen molar-refractivity contribution in [2.45, 2.75) is 13.3 Å². The summed E-state index contributed by atoms with van der Waals surface area (Å²) in [5, 5.41) is 15.2. The molecular formula is C21H21F2N3O3S. The first-order chi connectivity index (χ1) is 14.5. The fourth-order valence-electron chi connectivity index (χ4n) is 2.81. The molecule has 1 heterocycles. The van der Waals surface area contributed by atoms with Crippen molar-refractivity contribution >= 4 is 28.1 Å². The monoisotopic (exact) mass is 433 g/mol. The Labute approximate surface area is 176 Å². The minimum Gasteiger partial charge on any atom is -0.489 e. The third-order valence-electron chi connectivity index (χ3n) is 4.03. The molecule has 0 aliphatic rings. The van der Waals surface area contributed by atoms with E-state index in [2.05, 4.69) is 15.6 Å². The molecule has 0 saturated carbocycles. The first-order valence-corrected chi connectivity index (χ1v) is 10.1. The van der Waals surface area contributed by atoms with Gasteiger partial charge in [-0.3, -0.25) is 10.1 Å². The number of halogens is 2. The van der Waals surface area contributed by atoms with Crippen LogP contribution in [0.3, 0.4) is 0 Å². The number of benzene rings is 2. The number of aliphatic hydroxyl groups excluding tert-OH is 1. The van der Waals surface area contributed by atoms with E-state index < -0.39 is 11.6 Å². The van der Waals surface area contributed by atoms with Gasteiger partial charge in [-0.15, -0.1) is 11.3 Å². The van der Waals surface area contributed by atoms with Gasteiger partial charge in [0.05, 0.1) is 12.3 Å². The van der Waals surface area contributed by atoms with Crippen molar-refractivity contribution in [2.24, 2.45) is 0 Å². The lowest BCUT2D eigenvalue weighted by atomic mass is 10.1. The summed E-state index contributed by atoms with van der Waals surface area (Å²) in [5.41, 5.74) is 1.58. The molecule has 0 aliphatic carbocycles. The number of rotatable bonds is 9. The van der Waals surface area contributed by atoms with Crippen molar-refractivity contribution in [3.05, 3.63) is 70.2 Å². The van der Waals surface area contributed by atoms with E-state index in [-0.39, 0.29) is 19.1 Å². The molecule has 0 radical (unpaired) electrons. The average Bonchev–Trinajstić information content (AvgIpc) is 3.13. The Kier molecular flexibility index (Phi) is 7.31. The maximum absolute atomic E-state index is 13.3. The van der Waals surface area contributed by atoms with E-state index in [1.165, 1.54) is 23.5 Å². The highest BCUT2D eigenvalue weighted by atomic mass is 32.1. The van der Waals surface area contributed by atoms with Crippen molar-refractivity contribution in [1.29, 1.82) is 0 Å². The Hall–Kier alpha value is -3.04. The average molecular weight is 433 g/mol. The molecule has 0 aliphatic heterocycles. The summed E-state index contributed by atoms with van der Waals surface area (Å²) in [6.45, 7) is 2.59. The fourth-order valence-corrected chi connectivity index (χ4v) is 3.65. The lowest BCUT2D eigenvalue weighted by molar-refractivity contribution is 0.102. The number of hydrogen-bond acceptors (Lipinski definition) is 6. The Balaban J connectivity index is 1.70. The molecule has 0 saturated heterocycles. The first-order valence-electron chi connectivity index (χ1n) is 9.31. The number of nitrogens with zero attached hydrogens (tertiary/aromatic N) is 1. The number of amides is 1. The summed E-state index contributed by atoms with van der Waals surface area (Å²) >= 11 is 1.23. The molecule has 1 aromatic heterocycles. The van der Waals surface area contributed by atoms with Gasteiger partial charge in [-0.05, 0) is 42.8 Å². The zero-order chi connectivity index (χ0) is 21.5. The van der Waals surface area contributed by atoms with E-state index in [9.17, 15) is 13.6 Å². The van der Waals surface area contributed by atoms with Crippen LogP contribution in [0.5, 0.6) is 5.75 Å². The summed E-state index contributed by atoms with van der Waals surface area (Å²) < 4.78 is 32.2. The number of aliphatic hydroxyl groups is 1. The summed E-state index contributed by atoms with van der Waals surface area (Å²) in [7, 11) is 0. The second-order valence-electron chi connectivity index (χ2n) is 6.35. The van der Waals surface area contributed by atoms with Crippen molar-refractivity contribution in [3.63, 3.8) is 0 Å². The van der Waals surface area contributed by atoms with Gasteiger partial charge in [-0.1, -0.05) is 0 Å². The van der Waals surface area contributed by atoms with Crippen molar-refractivity contribution in [3.8, 4) is 5.75 Å². The first kappa shape index (κ1) is 21.7. The number of nitrogens with one attached hydrogen (secondary N) is 2. The number of thiazole rings is 1. The molecule has 0 atom stereocenters. The van der Waals surface area contributed by atoms with Gasteiger partial charge in [0, 0.05) is 35.7 Å². The molecule has 158 valence electrons. The molecule has 0 unspecified atom stereocenters. The van der Waals surface area contributed by atoms with Gasteiger partial charge >= 0.3 is 0 Å². The summed E-state index contributed by atoms with van der Waals surface area (Å²) in [6.07, 6.45) is 1.87. The van der Waals surface area contributed by atoms with E-state index in [0.29, 0.717) is 35.0 Å². The highest BCUT2D eigenvalue weighted by Crippen LogP contribution is 2.27. The molecule has 1 amide bonds. The normalized spacial score (nSPS) is 10.7. The molecule has 3 aromatic rings. The molecule has 0 bridgehead atoms. The van der Waals surface area contributed by atoms with Gasteiger partial charge in [0.2, 0.25) is 0 Å². The number of carbonyl (C=O) groups is 1. The Morgan fingerprint density at radius 3 is 2.67 bits per heavy atom. The largest absolute Gasteiger partial charge is 0.489 e. The van der Waals surface area contributed by atoms with E-state index in [1.807, 2.05) is 6.92 Å². The van der Waals surface area contributed by atoms with Crippen LogP contribution in [-0.2, 0) is 6.42 Å². The van der Waals surface area contributed by atoms with Gasteiger partial charge in [0.1, 0.15) is 24.0 Å². The van der Waals surface area contributed by atoms with Crippen LogP contribution in [-0.4, -0.2) is 35.8 Å². The zero-order valence-electron chi connectivity index (χ0n) is 16.2. The quantitative estimate of drug-likeness (QED) is 0.474. The summed E-state index contributed by atoms with van der Waals surface area (Å²) in [5.74, 6) is -1.18. The molecule has 2 aromatic carbocycles. The summed E-state index contributed by atoms with van der Waals surface area (Å²) in [6, 6.07) is 8.33. The van der Waals surface area contributed by atoms with Crippen molar-refractivity contribution in [2.75, 3.05) is 30.4 Å². The highest BCUT2D eigenvalue weighted by molar-refractivity contribution is 7.15. The van der Waals surface area contributed by atoms with Crippen LogP contribution in [0.1, 0.15) is 27.7 Å². The third kappa shape index (κ3) is 5.74. The molecule has 6 nitrogen and oxygen atoms in total. The van der Waals surface area contributed by atoms with Crippen LogP contribution in [0.25, 0.3) is 0 Å². The van der Waals surface area contributed by atoms with Crippen LogP contribution < -0.4 is 15.4 Å². The predicted octanol–water partition coefficient (Wildman–Crippen LogP) is 4.07. The maximum atomic E-state index is 13.3. The maximum Gasteiger partial charge on any atom is 0.257 e. The van der Waals surface area contributed by atoms with Crippen LogP contribution in [0.4, 0.5) is 19.6 Å². The standard InChI is InChI=1S/C21H21F2N3O3S/c1-2-24-18-4-3-14(10-19(18)29-6-5-27)20(28)26-21-25-12-17(30-21)9-13-7-15(22)11-16(23)8-13/h3-4,7-8,10-12,24,27H,2,5-6,9H2,1H3,(H,25,26,28). The predicted molar refractivity (Wildman–Crippen MR) is 112 cm³/mol. The van der Waals surface area contributed by atoms with Crippen molar-refractivity contribution in [1.82, 2.24) is 4.98 Å². The minimum atomic E-state index is -0.636. The van der Waals surface area contributed by atoms with Crippen molar-refractivity contribution < 1.29 is 23.4 Å². The Morgan fingerprint density at radius 1 is 1.20 bits per heavy atom. The van der Waals surface area contributed by atoms with Crippen LogP contribution >= 0.6 is 11.3 Å². The molecule has 0 fully saturated rings. The number of hydrogen-bond donors (Lipinski definition) is 3. The van der Waals surface area contributed by atoms with Crippen LogP contribution in [0.2, 0.25) is 0 Å².